The summed E-state index contributed by atoms with van der Waals surface area (Å²) >= 11 is 0. The van der Waals surface area contributed by atoms with Gasteiger partial charge in [0.2, 0.25) is 0 Å². The molecule has 0 amide bonds. The summed E-state index contributed by atoms with van der Waals surface area (Å²) in [4.78, 5) is 105. The second-order valence-corrected chi connectivity index (χ2v) is 29.8. The van der Waals surface area contributed by atoms with Crippen LogP contribution < -0.4 is 43.5 Å². The number of imidazole rings is 2. The van der Waals surface area contributed by atoms with Crippen molar-refractivity contribution in [1.29, 1.82) is 0 Å². The molecule has 0 saturated heterocycles. The summed E-state index contributed by atoms with van der Waals surface area (Å²) in [5, 5.41) is 13.4. The Hall–Kier alpha value is -16.5. The van der Waals surface area contributed by atoms with Gasteiger partial charge in [0, 0.05) is 41.8 Å². The van der Waals surface area contributed by atoms with E-state index in [9.17, 15) is 63.1 Å². The summed E-state index contributed by atoms with van der Waals surface area (Å²) in [7, 11) is 0. The maximum atomic E-state index is 14.6. The highest BCUT2D eigenvalue weighted by molar-refractivity contribution is 5.92. The van der Waals surface area contributed by atoms with Crippen LogP contribution in [0, 0.1) is 23.3 Å². The van der Waals surface area contributed by atoms with Crippen LogP contribution in [0.2, 0.25) is 0 Å². The Morgan fingerprint density at radius 2 is 0.623 bits per heavy atom. The van der Waals surface area contributed by atoms with Gasteiger partial charge in [-0.2, -0.15) is 26.3 Å². The predicted octanol–water partition coefficient (Wildman–Crippen LogP) is 20.3. The molecule has 20 aromatic rings. The van der Waals surface area contributed by atoms with Gasteiger partial charge in [-0.3, -0.25) is 37.4 Å². The number of alkyl halides is 6. The molecule has 130 heavy (non-hydrogen) atoms. The van der Waals surface area contributed by atoms with Crippen molar-refractivity contribution in [2.75, 3.05) is 21.3 Å². The first-order valence-corrected chi connectivity index (χ1v) is 40.8. The number of aromatic amines is 4. The fourth-order valence-corrected chi connectivity index (χ4v) is 15.6. The first-order chi connectivity index (χ1) is 63.0. The number of H-pyrrole nitrogens is 4. The molecule has 0 radical (unpaired) electrons. The van der Waals surface area contributed by atoms with E-state index in [0.29, 0.717) is 74.7 Å². The van der Waals surface area contributed by atoms with E-state index in [1.165, 1.54) is 76.4 Å². The van der Waals surface area contributed by atoms with Crippen LogP contribution in [0.5, 0.6) is 0 Å². The van der Waals surface area contributed by atoms with E-state index in [0.717, 1.165) is 48.9 Å². The molecule has 0 spiro atoms. The zero-order valence-corrected chi connectivity index (χ0v) is 68.5. The van der Waals surface area contributed by atoms with Crippen LogP contribution in [0.25, 0.3) is 110 Å². The van der Waals surface area contributed by atoms with Crippen LogP contribution in [0.4, 0.5) is 67.0 Å². The lowest BCUT2D eigenvalue weighted by molar-refractivity contribution is -0.138. The average molecular weight is 1760 g/mol. The number of halogens is 10. The smallest absolute Gasteiger partial charge is 0.373 e. The van der Waals surface area contributed by atoms with E-state index in [1.807, 2.05) is 111 Å². The van der Waals surface area contributed by atoms with Crippen LogP contribution in [0.3, 0.4) is 0 Å². The van der Waals surface area contributed by atoms with Crippen LogP contribution in [0.1, 0.15) is 87.0 Å². The van der Waals surface area contributed by atoms with E-state index in [4.69, 9.17) is 9.97 Å². The Kier molecular flexibility index (Phi) is 24.1. The third kappa shape index (κ3) is 17.7. The van der Waals surface area contributed by atoms with Crippen molar-refractivity contribution >= 4 is 111 Å². The molecule has 8 N–H and O–H groups in total. The maximum absolute atomic E-state index is 14.6. The van der Waals surface area contributed by atoms with E-state index >= 15 is 0 Å². The molecule has 652 valence electrons. The van der Waals surface area contributed by atoms with E-state index in [-0.39, 0.29) is 79.3 Å². The largest absolute Gasteiger partial charge is 0.391 e. The Bertz CT molecular complexity index is 7340. The number of aromatic nitrogens is 17. The Labute approximate surface area is 728 Å². The fourth-order valence-electron chi connectivity index (χ4n) is 15.6. The monoisotopic (exact) mass is 1760 g/mol. The van der Waals surface area contributed by atoms with Crippen molar-refractivity contribution in [3.05, 3.63) is 374 Å². The molecule has 11 heterocycles. The van der Waals surface area contributed by atoms with Crippen LogP contribution in [0.15, 0.2) is 305 Å². The van der Waals surface area contributed by atoms with Gasteiger partial charge in [-0.15, -0.1) is 0 Å². The van der Waals surface area contributed by atoms with Gasteiger partial charge in [-0.1, -0.05) is 117 Å². The summed E-state index contributed by atoms with van der Waals surface area (Å²) in [5.74, 6) is -1.21. The zero-order chi connectivity index (χ0) is 90.5. The Morgan fingerprint density at radius 1 is 0.315 bits per heavy atom. The number of fused-ring (bicyclic) bond motifs is 8. The van der Waals surface area contributed by atoms with Crippen molar-refractivity contribution in [1.82, 2.24) is 83.1 Å². The fraction of sp³-hybridized carbons (Fsp3) is 0.126. The van der Waals surface area contributed by atoms with Gasteiger partial charge in [0.15, 0.2) is 5.82 Å². The third-order valence-electron chi connectivity index (χ3n) is 21.5. The average Bonchev–Trinajstić information content (AvgIpc) is 1.00. The molecular weight excluding hydrogens is 1690 g/mol. The molecule has 11 aromatic heterocycles. The lowest BCUT2D eigenvalue weighted by Gasteiger charge is -2.24. The maximum Gasteiger partial charge on any atom is 0.391 e. The normalized spacial score (nSPS) is 12.6. The molecule has 9 aromatic carbocycles. The molecule has 35 heteroatoms. The topological polar surface area (TPSA) is 315 Å². The van der Waals surface area contributed by atoms with Crippen molar-refractivity contribution in [3.63, 3.8) is 0 Å². The number of nitrogens with zero attached hydrogens (tertiary/aromatic N) is 13. The van der Waals surface area contributed by atoms with Crippen molar-refractivity contribution in [3.8, 4) is 22.7 Å². The molecule has 0 saturated carbocycles. The lowest BCUT2D eigenvalue weighted by Crippen LogP contribution is -2.31. The molecule has 0 unspecified atom stereocenters. The quantitative estimate of drug-likeness (QED) is 0.0329. The highest BCUT2D eigenvalue weighted by atomic mass is 19.4. The van der Waals surface area contributed by atoms with Crippen LogP contribution >= 0.6 is 0 Å². The Morgan fingerprint density at radius 3 is 0.985 bits per heavy atom. The molecule has 0 aliphatic heterocycles. The van der Waals surface area contributed by atoms with Crippen LogP contribution in [-0.4, -0.2) is 95.4 Å². The minimum Gasteiger partial charge on any atom is -0.373 e. The minimum absolute atomic E-state index is 0.0145. The number of benzene rings is 9. The summed E-state index contributed by atoms with van der Waals surface area (Å²) < 4.78 is 146. The number of hydrogen-bond acceptors (Lipinski definition) is 17. The highest BCUT2D eigenvalue weighted by Crippen LogP contribution is 2.38. The Balaban J connectivity index is 0.000000122. The second-order valence-electron chi connectivity index (χ2n) is 29.8. The first-order valence-electron chi connectivity index (χ1n) is 40.8. The van der Waals surface area contributed by atoms with Gasteiger partial charge in [0.05, 0.1) is 122 Å². The summed E-state index contributed by atoms with van der Waals surface area (Å²) in [6, 6.07) is 62.2. The molecule has 0 aliphatic rings. The molecule has 0 aliphatic carbocycles. The molecule has 0 fully saturated rings. The number of anilines is 4. The molecular formula is C95H73F10N21O4. The SMILES string of the molecule is CC[C@H](Nc1cccc2[nH]cnc12)c1nc2cccc(F)c2c(=O)n1-c1ccccc1.CC[C@H](Nc1nccc2[nH]ccc12)c1nc2cccc(F)c2c(=O)n1-c1ccccc1.O=c1c2c(F)cccc2nc([C@H](CC(F)(F)F)Nc2nccc3[nH]ccc23)n1-c1ccccc1.O=c1c2c(F)cccc2nc([C@H](CC(F)(F)F)Nc2nccc3[nH]cnc23)n1-c1ccccc1. The van der Waals surface area contributed by atoms with Gasteiger partial charge in [0.25, 0.3) is 22.2 Å². The molecule has 0 bridgehead atoms. The van der Waals surface area contributed by atoms with E-state index in [1.54, 1.807) is 110 Å². The van der Waals surface area contributed by atoms with Gasteiger partial charge in [-0.25, -0.2) is 62.4 Å². The number of hydrogen-bond donors (Lipinski definition) is 8. The number of para-hydroxylation sites is 5. The van der Waals surface area contributed by atoms with Crippen LogP contribution in [-0.2, 0) is 0 Å². The van der Waals surface area contributed by atoms with Gasteiger partial charge in [0.1, 0.15) is 90.8 Å². The highest BCUT2D eigenvalue weighted by Gasteiger charge is 2.39. The van der Waals surface area contributed by atoms with E-state index in [2.05, 4.69) is 76.1 Å². The predicted molar refractivity (Wildman–Crippen MR) is 479 cm³/mol. The number of nitrogens with one attached hydrogen (secondary N) is 8. The standard InChI is InChI=1S/C24H17F4N5O.2C24H20FN5O.C23H16F4N6O/c25-16-7-4-8-18-20(16)23(34)33(14-5-2-1-3-6-14)22(32-18)19(13-24(26,27)28)31-21-15-9-11-29-17(15)10-12-30-21;1-2-17(28-20-13-7-12-19-22(20)27-14-26-19)23-29-18-11-6-10-16(25)21(18)24(31)30(23)15-8-4-3-5-9-15;1-2-18(28-22-16-11-13-26-19(16)12-14-27-22)23-29-20-10-6-9-17(25)21(20)24(31)30(23)15-7-4-3-5-8-15;24-14-7-4-8-15-18(14)22(34)33(13-5-2-1-3-6-13)21(32-15)17(11-23(25,26)27)31-20-19-16(9-10-28-20)29-12-30-19/h1-12,19,29H,13H2,(H,30,31);3-14,17,28H,2H2,1H3,(H,26,27);3-14,18,26H,2H2,1H3,(H,27,28);1-10,12,17H,11H2,(H,28,31)(H,29,30)/t19-;17-;18-;17-/m0000/s1. The summed E-state index contributed by atoms with van der Waals surface area (Å²) in [6.45, 7) is 4.02. The van der Waals surface area contributed by atoms with Gasteiger partial charge < -0.3 is 41.2 Å². The molecule has 25 nitrogen and oxygen atoms in total. The van der Waals surface area contributed by atoms with Crippen molar-refractivity contribution in [2.45, 2.75) is 76.1 Å². The van der Waals surface area contributed by atoms with Crippen molar-refractivity contribution in [2.24, 2.45) is 0 Å². The summed E-state index contributed by atoms with van der Waals surface area (Å²) in [5.41, 5.74) is 4.98. The third-order valence-corrected chi connectivity index (χ3v) is 21.5. The van der Waals surface area contributed by atoms with Gasteiger partial charge in [-0.05, 0) is 152 Å². The van der Waals surface area contributed by atoms with E-state index < -0.39 is 82.8 Å². The number of rotatable bonds is 20. The summed E-state index contributed by atoms with van der Waals surface area (Å²) in [6.07, 6.45) is 0.521. The number of pyridine rings is 3. The first kappa shape index (κ1) is 85.7. The lowest BCUT2D eigenvalue weighted by atomic mass is 10.1. The minimum atomic E-state index is -4.62. The molecule has 20 rings (SSSR count). The van der Waals surface area contributed by atoms with Gasteiger partial charge >= 0.3 is 12.4 Å². The zero-order valence-electron chi connectivity index (χ0n) is 68.5. The second kappa shape index (κ2) is 36.6. The van der Waals surface area contributed by atoms with Crippen molar-refractivity contribution < 1.29 is 43.9 Å². The molecule has 4 atom stereocenters.